The molecule has 0 spiro atoms. The van der Waals surface area contributed by atoms with Gasteiger partial charge in [-0.1, -0.05) is 149 Å². The lowest BCUT2D eigenvalue weighted by Crippen LogP contribution is -2.26. The number of carboxylic acids is 1. The van der Waals surface area contributed by atoms with Crippen LogP contribution < -0.4 is 0 Å². The van der Waals surface area contributed by atoms with Crippen molar-refractivity contribution in [1.82, 2.24) is 0 Å². The molecule has 1 N–H and O–H groups in total. The van der Waals surface area contributed by atoms with Gasteiger partial charge < -0.3 is 9.84 Å². The van der Waals surface area contributed by atoms with Crippen LogP contribution in [0.5, 0.6) is 0 Å². The number of unbranched alkanes of at least 4 members (excludes halogenated alkanes) is 20. The Balaban J connectivity index is 3.53. The molecule has 0 saturated heterocycles. The van der Waals surface area contributed by atoms with Gasteiger partial charge >= 0.3 is 11.9 Å². The predicted octanol–water partition coefficient (Wildman–Crippen LogP) is 9.24. The molecule has 0 aliphatic carbocycles. The van der Waals surface area contributed by atoms with Crippen molar-refractivity contribution in [2.75, 3.05) is 6.61 Å². The van der Waals surface area contributed by atoms with Gasteiger partial charge in [0.05, 0.1) is 6.61 Å². The van der Waals surface area contributed by atoms with Crippen molar-refractivity contribution in [3.8, 4) is 0 Å². The zero-order chi connectivity index (χ0) is 24.4. The summed E-state index contributed by atoms with van der Waals surface area (Å²) < 4.78 is 5.23. The molecule has 0 bridgehead atoms. The maximum absolute atomic E-state index is 12.1. The van der Waals surface area contributed by atoms with Gasteiger partial charge in [-0.3, -0.25) is 9.59 Å². The van der Waals surface area contributed by atoms with Crippen LogP contribution in [0.1, 0.15) is 162 Å². The van der Waals surface area contributed by atoms with Crippen LogP contribution >= 0.6 is 0 Å². The first-order chi connectivity index (χ1) is 16.1. The topological polar surface area (TPSA) is 63.6 Å². The maximum Gasteiger partial charge on any atom is 0.320 e. The van der Waals surface area contributed by atoms with Gasteiger partial charge in [0.15, 0.2) is 5.92 Å². The molecule has 0 amide bonds. The van der Waals surface area contributed by atoms with E-state index in [-0.39, 0.29) is 0 Å². The van der Waals surface area contributed by atoms with Gasteiger partial charge in [0.25, 0.3) is 0 Å². The average molecular weight is 469 g/mol. The zero-order valence-corrected chi connectivity index (χ0v) is 22.2. The van der Waals surface area contributed by atoms with Gasteiger partial charge in [-0.25, -0.2) is 0 Å². The van der Waals surface area contributed by atoms with Crippen molar-refractivity contribution in [1.29, 1.82) is 0 Å². The normalized spacial score (nSPS) is 12.1. The summed E-state index contributed by atoms with van der Waals surface area (Å²) in [6.45, 7) is 4.81. The number of rotatable bonds is 26. The Kier molecular flexibility index (Phi) is 24.7. The fraction of sp³-hybridized carbons (Fsp3) is 0.931. The van der Waals surface area contributed by atoms with Gasteiger partial charge in [-0.2, -0.15) is 0 Å². The van der Waals surface area contributed by atoms with Gasteiger partial charge in [-0.15, -0.1) is 0 Å². The highest BCUT2D eigenvalue weighted by atomic mass is 16.5. The summed E-state index contributed by atoms with van der Waals surface area (Å²) in [4.78, 5) is 23.5. The zero-order valence-electron chi connectivity index (χ0n) is 22.2. The lowest BCUT2D eigenvalue weighted by Gasteiger charge is -2.12. The van der Waals surface area contributed by atoms with Crippen molar-refractivity contribution in [2.45, 2.75) is 162 Å². The maximum atomic E-state index is 12.1. The fourth-order valence-electron chi connectivity index (χ4n) is 4.39. The van der Waals surface area contributed by atoms with Crippen LogP contribution in [0.15, 0.2) is 0 Å². The van der Waals surface area contributed by atoms with E-state index in [9.17, 15) is 14.7 Å². The monoisotopic (exact) mass is 468 g/mol. The van der Waals surface area contributed by atoms with Crippen LogP contribution in [0.4, 0.5) is 0 Å². The SMILES string of the molecule is CCCCCCCCCCCCCCCCCCC(C(=O)O)C(=O)OCCCCCCCC. The third kappa shape index (κ3) is 22.5. The number of ether oxygens (including phenoxy) is 1. The second-order valence-corrected chi connectivity index (χ2v) is 9.92. The minimum Gasteiger partial charge on any atom is -0.481 e. The molecule has 196 valence electrons. The standard InChI is InChI=1S/C29H56O4/c1-3-5-7-9-11-12-13-14-15-16-17-18-19-20-21-23-25-27(28(30)31)29(32)33-26-24-22-10-8-6-4-2/h27H,3-26H2,1-2H3,(H,30,31). The van der Waals surface area contributed by atoms with Gasteiger partial charge in [0.1, 0.15) is 0 Å². The molecule has 0 aliphatic rings. The number of hydrogen-bond acceptors (Lipinski definition) is 3. The minimum absolute atomic E-state index is 0.355. The Bertz CT molecular complexity index is 435. The molecule has 33 heavy (non-hydrogen) atoms. The Hall–Kier alpha value is -1.06. The quantitative estimate of drug-likeness (QED) is 0.0780. The molecule has 0 aromatic carbocycles. The van der Waals surface area contributed by atoms with Crippen molar-refractivity contribution < 1.29 is 19.4 Å². The molecule has 1 atom stereocenters. The molecule has 0 heterocycles. The largest absolute Gasteiger partial charge is 0.481 e. The predicted molar refractivity (Wildman–Crippen MR) is 140 cm³/mol. The number of carbonyl (C=O) groups is 2. The van der Waals surface area contributed by atoms with E-state index in [2.05, 4.69) is 13.8 Å². The van der Waals surface area contributed by atoms with Crippen LogP contribution in [-0.2, 0) is 14.3 Å². The second-order valence-electron chi connectivity index (χ2n) is 9.92. The van der Waals surface area contributed by atoms with E-state index in [1.165, 1.54) is 103 Å². The second kappa shape index (κ2) is 25.6. The Labute approximate surface area is 205 Å². The molecule has 0 radical (unpaired) electrons. The highest BCUT2D eigenvalue weighted by Gasteiger charge is 2.27. The summed E-state index contributed by atoms with van der Waals surface area (Å²) in [7, 11) is 0. The molecule has 0 aromatic rings. The van der Waals surface area contributed by atoms with Gasteiger partial charge in [-0.05, 0) is 12.8 Å². The van der Waals surface area contributed by atoms with E-state index in [0.717, 1.165) is 38.5 Å². The van der Waals surface area contributed by atoms with Crippen LogP contribution in [0.3, 0.4) is 0 Å². The number of carbonyl (C=O) groups excluding carboxylic acids is 1. The Morgan fingerprint density at radius 1 is 0.545 bits per heavy atom. The first-order valence-electron chi connectivity index (χ1n) is 14.5. The average Bonchev–Trinajstić information content (AvgIpc) is 2.80. The third-order valence-corrected chi connectivity index (χ3v) is 6.67. The highest BCUT2D eigenvalue weighted by molar-refractivity contribution is 5.93. The lowest BCUT2D eigenvalue weighted by atomic mass is 10.00. The van der Waals surface area contributed by atoms with Crippen molar-refractivity contribution in [2.24, 2.45) is 5.92 Å². The molecule has 0 fully saturated rings. The van der Waals surface area contributed by atoms with E-state index < -0.39 is 17.9 Å². The first-order valence-corrected chi connectivity index (χ1v) is 14.5. The van der Waals surface area contributed by atoms with Crippen molar-refractivity contribution >= 4 is 11.9 Å². The molecular formula is C29H56O4. The summed E-state index contributed by atoms with van der Waals surface area (Å²) in [5.41, 5.74) is 0. The van der Waals surface area contributed by atoms with Crippen molar-refractivity contribution in [3.05, 3.63) is 0 Å². The van der Waals surface area contributed by atoms with Crippen LogP contribution in [0.25, 0.3) is 0 Å². The summed E-state index contributed by atoms with van der Waals surface area (Å²) in [6, 6.07) is 0. The van der Waals surface area contributed by atoms with Gasteiger partial charge in [0, 0.05) is 0 Å². The molecule has 0 aromatic heterocycles. The van der Waals surface area contributed by atoms with E-state index in [1.54, 1.807) is 0 Å². The summed E-state index contributed by atoms with van der Waals surface area (Å²) in [6.07, 6.45) is 27.8. The van der Waals surface area contributed by atoms with Crippen molar-refractivity contribution in [3.63, 3.8) is 0 Å². The number of hydrogen-bond donors (Lipinski definition) is 1. The minimum atomic E-state index is -1.04. The van der Waals surface area contributed by atoms with Crippen LogP contribution in [0.2, 0.25) is 0 Å². The van der Waals surface area contributed by atoms with Crippen LogP contribution in [-0.4, -0.2) is 23.7 Å². The molecular weight excluding hydrogens is 412 g/mol. The number of esters is 1. The van der Waals surface area contributed by atoms with E-state index >= 15 is 0 Å². The summed E-state index contributed by atoms with van der Waals surface area (Å²) in [5, 5.41) is 9.37. The summed E-state index contributed by atoms with van der Waals surface area (Å²) in [5.74, 6) is -2.57. The third-order valence-electron chi connectivity index (χ3n) is 6.67. The fourth-order valence-corrected chi connectivity index (χ4v) is 4.39. The molecule has 4 nitrogen and oxygen atoms in total. The molecule has 0 aliphatic heterocycles. The highest BCUT2D eigenvalue weighted by Crippen LogP contribution is 2.17. The smallest absolute Gasteiger partial charge is 0.320 e. The van der Waals surface area contributed by atoms with Crippen LogP contribution in [0, 0.1) is 5.92 Å². The number of carboxylic acid groups (broad SMARTS) is 1. The van der Waals surface area contributed by atoms with E-state index in [1.807, 2.05) is 0 Å². The molecule has 0 rings (SSSR count). The van der Waals surface area contributed by atoms with E-state index in [4.69, 9.17) is 4.74 Å². The Morgan fingerprint density at radius 2 is 0.879 bits per heavy atom. The Morgan fingerprint density at radius 3 is 1.24 bits per heavy atom. The van der Waals surface area contributed by atoms with E-state index in [0.29, 0.717) is 13.0 Å². The number of aliphatic carboxylic acids is 1. The molecule has 4 heteroatoms. The molecule has 1 unspecified atom stereocenters. The lowest BCUT2D eigenvalue weighted by molar-refractivity contribution is -0.159. The van der Waals surface area contributed by atoms with Gasteiger partial charge in [0.2, 0.25) is 0 Å². The first kappa shape index (κ1) is 31.9. The molecule has 0 saturated carbocycles. The summed E-state index contributed by atoms with van der Waals surface area (Å²) >= 11 is 0.